The van der Waals surface area contributed by atoms with Crippen LogP contribution >= 0.6 is 0 Å². The van der Waals surface area contributed by atoms with Gasteiger partial charge in [-0.2, -0.15) is 0 Å². The molecule has 0 radical (unpaired) electrons. The maximum Gasteiger partial charge on any atom is 0.240 e. The van der Waals surface area contributed by atoms with E-state index >= 15 is 0 Å². The molecule has 0 spiro atoms. The Labute approximate surface area is 159 Å². The smallest absolute Gasteiger partial charge is 0.240 e. The van der Waals surface area contributed by atoms with Crippen molar-refractivity contribution in [1.29, 1.82) is 0 Å². The highest BCUT2D eigenvalue weighted by atomic mass is 16.2. The number of fused-ring (bicyclic) bond motifs is 1. The van der Waals surface area contributed by atoms with Gasteiger partial charge in [0.2, 0.25) is 11.8 Å². The number of primary amides is 1. The van der Waals surface area contributed by atoms with Crippen LogP contribution in [0.2, 0.25) is 0 Å². The van der Waals surface area contributed by atoms with Crippen molar-refractivity contribution in [3.8, 4) is 0 Å². The molecule has 0 aliphatic rings. The third-order valence-corrected chi connectivity index (χ3v) is 4.91. The summed E-state index contributed by atoms with van der Waals surface area (Å²) < 4.78 is 0. The molecule has 3 aromatic carbocycles. The van der Waals surface area contributed by atoms with Crippen LogP contribution in [0, 0.1) is 13.8 Å². The summed E-state index contributed by atoms with van der Waals surface area (Å²) >= 11 is 0. The Balaban J connectivity index is 1.72. The molecule has 2 amide bonds. The summed E-state index contributed by atoms with van der Waals surface area (Å²) in [7, 11) is 0. The van der Waals surface area contributed by atoms with Gasteiger partial charge >= 0.3 is 0 Å². The maximum atomic E-state index is 12.5. The van der Waals surface area contributed by atoms with Crippen molar-refractivity contribution >= 4 is 22.6 Å². The van der Waals surface area contributed by atoms with Crippen molar-refractivity contribution in [1.82, 2.24) is 5.32 Å². The van der Waals surface area contributed by atoms with Crippen molar-refractivity contribution in [2.24, 2.45) is 5.73 Å². The van der Waals surface area contributed by atoms with Crippen molar-refractivity contribution in [2.45, 2.75) is 32.7 Å². The van der Waals surface area contributed by atoms with Gasteiger partial charge in [-0.1, -0.05) is 60.7 Å². The van der Waals surface area contributed by atoms with Crippen LogP contribution in [0.1, 0.15) is 22.3 Å². The first-order valence-electron chi connectivity index (χ1n) is 9.05. The maximum absolute atomic E-state index is 12.5. The lowest BCUT2D eigenvalue weighted by Crippen LogP contribution is -2.46. The van der Waals surface area contributed by atoms with Gasteiger partial charge in [0.25, 0.3) is 0 Å². The number of amides is 2. The highest BCUT2D eigenvalue weighted by Gasteiger charge is 2.20. The molecular weight excluding hydrogens is 336 g/mol. The molecule has 4 nitrogen and oxygen atoms in total. The first-order chi connectivity index (χ1) is 12.9. The van der Waals surface area contributed by atoms with Crippen LogP contribution in [0.5, 0.6) is 0 Å². The molecule has 0 heterocycles. The molecule has 0 aliphatic heterocycles. The molecule has 3 aromatic rings. The number of carbonyl (C=O) groups is 2. The van der Waals surface area contributed by atoms with Gasteiger partial charge in [-0.05, 0) is 46.9 Å². The topological polar surface area (TPSA) is 72.2 Å². The van der Waals surface area contributed by atoms with Crippen molar-refractivity contribution in [3.05, 3.63) is 82.9 Å². The lowest BCUT2D eigenvalue weighted by molar-refractivity contribution is -0.127. The first kappa shape index (κ1) is 18.6. The number of hydrogen-bond donors (Lipinski definition) is 2. The summed E-state index contributed by atoms with van der Waals surface area (Å²) in [5, 5.41) is 5.02. The summed E-state index contributed by atoms with van der Waals surface area (Å²) in [6.45, 7) is 3.99. The van der Waals surface area contributed by atoms with Crippen LogP contribution in [-0.4, -0.2) is 17.9 Å². The fourth-order valence-electron chi connectivity index (χ4n) is 3.38. The molecule has 0 aliphatic carbocycles. The van der Waals surface area contributed by atoms with Crippen LogP contribution in [0.25, 0.3) is 10.8 Å². The summed E-state index contributed by atoms with van der Waals surface area (Å²) in [6.07, 6.45) is 0.610. The largest absolute Gasteiger partial charge is 0.368 e. The fraction of sp³-hybridized carbons (Fsp3) is 0.217. The lowest BCUT2D eigenvalue weighted by atomic mass is 9.96. The molecule has 3 N–H and O–H groups in total. The van der Waals surface area contributed by atoms with E-state index in [0.29, 0.717) is 6.42 Å². The van der Waals surface area contributed by atoms with Crippen LogP contribution in [0.3, 0.4) is 0 Å². The summed E-state index contributed by atoms with van der Waals surface area (Å²) in [5.74, 6) is -0.732. The zero-order valence-electron chi connectivity index (χ0n) is 15.7. The van der Waals surface area contributed by atoms with E-state index in [1.807, 2.05) is 74.5 Å². The summed E-state index contributed by atoms with van der Waals surface area (Å²) in [6, 6.07) is 19.2. The van der Waals surface area contributed by atoms with Crippen molar-refractivity contribution in [2.75, 3.05) is 0 Å². The van der Waals surface area contributed by atoms with Crippen LogP contribution in [0.15, 0.2) is 60.7 Å². The van der Waals surface area contributed by atoms with E-state index in [4.69, 9.17) is 5.73 Å². The third kappa shape index (κ3) is 4.53. The Morgan fingerprint density at radius 2 is 1.59 bits per heavy atom. The molecule has 0 bridgehead atoms. The average Bonchev–Trinajstić information content (AvgIpc) is 2.63. The molecule has 0 fully saturated rings. The van der Waals surface area contributed by atoms with Gasteiger partial charge in [0.15, 0.2) is 0 Å². The van der Waals surface area contributed by atoms with Crippen LogP contribution < -0.4 is 11.1 Å². The first-order valence-corrected chi connectivity index (χ1v) is 9.05. The quantitative estimate of drug-likeness (QED) is 0.708. The van der Waals surface area contributed by atoms with Gasteiger partial charge in [0, 0.05) is 6.42 Å². The number of benzene rings is 3. The highest BCUT2D eigenvalue weighted by molar-refractivity contribution is 5.89. The lowest BCUT2D eigenvalue weighted by Gasteiger charge is -2.18. The second kappa shape index (κ2) is 8.04. The monoisotopic (exact) mass is 360 g/mol. The van der Waals surface area contributed by atoms with Gasteiger partial charge in [-0.3, -0.25) is 9.59 Å². The van der Waals surface area contributed by atoms with E-state index in [1.54, 1.807) is 0 Å². The average molecular weight is 360 g/mol. The van der Waals surface area contributed by atoms with Crippen molar-refractivity contribution < 1.29 is 9.59 Å². The standard InChI is InChI=1S/C23H24N2O2/c1-15-6-5-7-16(2)20(15)14-21(23(24)27)25-22(26)13-17-10-11-18-8-3-4-9-19(18)12-17/h3-12,21H,13-14H2,1-2H3,(H2,24,27)(H,25,26)/t21-/m0/s1. The van der Waals surface area contributed by atoms with Crippen molar-refractivity contribution in [3.63, 3.8) is 0 Å². The second-order valence-corrected chi connectivity index (χ2v) is 6.96. The minimum atomic E-state index is -0.724. The minimum Gasteiger partial charge on any atom is -0.368 e. The molecule has 3 rings (SSSR count). The predicted molar refractivity (Wildman–Crippen MR) is 108 cm³/mol. The SMILES string of the molecule is Cc1cccc(C)c1C[C@H](NC(=O)Cc1ccc2ccccc2c1)C(N)=O. The van der Waals surface area contributed by atoms with Gasteiger partial charge in [0.05, 0.1) is 6.42 Å². The van der Waals surface area contributed by atoms with Gasteiger partial charge < -0.3 is 11.1 Å². The third-order valence-electron chi connectivity index (χ3n) is 4.91. The Morgan fingerprint density at radius 1 is 0.926 bits per heavy atom. The van der Waals surface area contributed by atoms with Gasteiger partial charge in [0.1, 0.15) is 6.04 Å². The Kier molecular flexibility index (Phi) is 5.55. The molecule has 0 saturated carbocycles. The number of aryl methyl sites for hydroxylation is 2. The van der Waals surface area contributed by atoms with E-state index in [9.17, 15) is 9.59 Å². The van der Waals surface area contributed by atoms with E-state index in [2.05, 4.69) is 5.32 Å². The number of nitrogens with two attached hydrogens (primary N) is 1. The van der Waals surface area contributed by atoms with E-state index in [0.717, 1.165) is 33.0 Å². The highest BCUT2D eigenvalue weighted by Crippen LogP contribution is 2.17. The molecular formula is C23H24N2O2. The zero-order valence-corrected chi connectivity index (χ0v) is 15.7. The molecule has 0 aromatic heterocycles. The van der Waals surface area contributed by atoms with Gasteiger partial charge in [-0.15, -0.1) is 0 Å². The fourth-order valence-corrected chi connectivity index (χ4v) is 3.38. The van der Waals surface area contributed by atoms with Crippen LogP contribution in [0.4, 0.5) is 0 Å². The Hall–Kier alpha value is -3.14. The molecule has 0 unspecified atom stereocenters. The van der Waals surface area contributed by atoms with E-state index < -0.39 is 11.9 Å². The molecule has 0 saturated heterocycles. The van der Waals surface area contributed by atoms with Gasteiger partial charge in [-0.25, -0.2) is 0 Å². The summed E-state index contributed by atoms with van der Waals surface area (Å²) in [4.78, 5) is 24.4. The molecule has 27 heavy (non-hydrogen) atoms. The number of nitrogens with one attached hydrogen (secondary N) is 1. The van der Waals surface area contributed by atoms with Crippen LogP contribution in [-0.2, 0) is 22.4 Å². The Bertz CT molecular complexity index is 974. The van der Waals surface area contributed by atoms with E-state index in [1.165, 1.54) is 0 Å². The predicted octanol–water partition coefficient (Wildman–Crippen LogP) is 3.21. The van der Waals surface area contributed by atoms with E-state index in [-0.39, 0.29) is 12.3 Å². The zero-order chi connectivity index (χ0) is 19.4. The number of rotatable bonds is 6. The number of carbonyl (C=O) groups excluding carboxylic acids is 2. The molecule has 138 valence electrons. The summed E-state index contributed by atoms with van der Waals surface area (Å²) in [5.41, 5.74) is 9.68. The normalized spacial score (nSPS) is 11.9. The second-order valence-electron chi connectivity index (χ2n) is 6.96. The Morgan fingerprint density at radius 3 is 2.26 bits per heavy atom. The minimum absolute atomic E-state index is 0.208. The molecule has 1 atom stereocenters. The number of hydrogen-bond acceptors (Lipinski definition) is 2. The molecule has 4 heteroatoms.